The summed E-state index contributed by atoms with van der Waals surface area (Å²) in [6, 6.07) is 9.99. The average molecular weight is 448 g/mol. The van der Waals surface area contributed by atoms with E-state index in [1.165, 1.54) is 11.1 Å². The molecule has 0 N–H and O–H groups in total. The molecule has 0 spiro atoms. The third-order valence-corrected chi connectivity index (χ3v) is 6.64. The molecule has 33 heavy (non-hydrogen) atoms. The third kappa shape index (κ3) is 4.02. The molecule has 0 unspecified atom stereocenters. The lowest BCUT2D eigenvalue weighted by atomic mass is 10.1. The second-order valence-corrected chi connectivity index (χ2v) is 9.07. The van der Waals surface area contributed by atoms with Gasteiger partial charge < -0.3 is 18.9 Å². The minimum atomic E-state index is -0.307. The lowest BCUT2D eigenvalue weighted by molar-refractivity contribution is -0.0387. The van der Waals surface area contributed by atoms with Crippen LogP contribution in [0, 0.1) is 0 Å². The molecule has 1 aliphatic heterocycles. The molecule has 1 aromatic carbocycles. The lowest BCUT2D eigenvalue weighted by Crippen LogP contribution is -2.51. The normalized spacial score (nSPS) is 20.8. The average Bonchev–Trinajstić information content (AvgIpc) is 3.23. The van der Waals surface area contributed by atoms with Crippen molar-refractivity contribution in [3.05, 3.63) is 69.6 Å². The minimum Gasteiger partial charge on any atom is -0.488 e. The first kappa shape index (κ1) is 21.6. The highest BCUT2D eigenvalue weighted by atomic mass is 16.5. The van der Waals surface area contributed by atoms with E-state index in [1.54, 1.807) is 23.4 Å². The molecule has 7 nitrogen and oxygen atoms in total. The van der Waals surface area contributed by atoms with Crippen molar-refractivity contribution in [3.63, 3.8) is 0 Å². The highest BCUT2D eigenvalue weighted by molar-refractivity contribution is 5.97. The Labute approximate surface area is 192 Å². The molecular weight excluding hydrogens is 418 g/mol. The number of benzene rings is 1. The number of nitrogens with zero attached hydrogens (tertiary/aromatic N) is 3. The zero-order valence-corrected chi connectivity index (χ0v) is 19.3. The van der Waals surface area contributed by atoms with Crippen molar-refractivity contribution < 1.29 is 14.3 Å². The van der Waals surface area contributed by atoms with E-state index in [9.17, 15) is 9.59 Å². The number of hydrogen-bond acceptors (Lipinski definition) is 5. The number of morpholine rings is 1. The number of aromatic nitrogens is 2. The van der Waals surface area contributed by atoms with Crippen LogP contribution in [0.15, 0.2) is 47.5 Å². The van der Waals surface area contributed by atoms with Gasteiger partial charge >= 0.3 is 0 Å². The monoisotopic (exact) mass is 447 g/mol. The van der Waals surface area contributed by atoms with Crippen molar-refractivity contribution in [1.82, 2.24) is 14.5 Å². The highest BCUT2D eigenvalue weighted by Gasteiger charge is 2.30. The summed E-state index contributed by atoms with van der Waals surface area (Å²) in [5.41, 5.74) is 3.01. The maximum Gasteiger partial charge on any atom is 0.259 e. The van der Waals surface area contributed by atoms with Gasteiger partial charge in [-0.3, -0.25) is 9.59 Å². The van der Waals surface area contributed by atoms with Gasteiger partial charge in [0, 0.05) is 32.1 Å². The van der Waals surface area contributed by atoms with Gasteiger partial charge in [0.25, 0.3) is 5.91 Å². The van der Waals surface area contributed by atoms with Crippen molar-refractivity contribution in [3.8, 4) is 5.75 Å². The van der Waals surface area contributed by atoms with Gasteiger partial charge in [0.05, 0.1) is 30.3 Å². The Bertz CT molecular complexity index is 1240. The van der Waals surface area contributed by atoms with Gasteiger partial charge in [0.2, 0.25) is 5.43 Å². The van der Waals surface area contributed by atoms with E-state index >= 15 is 0 Å². The summed E-state index contributed by atoms with van der Waals surface area (Å²) < 4.78 is 13.7. The fourth-order valence-electron chi connectivity index (χ4n) is 4.85. The van der Waals surface area contributed by atoms with E-state index in [1.807, 2.05) is 37.5 Å². The van der Waals surface area contributed by atoms with Crippen LogP contribution in [-0.2, 0) is 24.1 Å². The first-order valence-electron chi connectivity index (χ1n) is 11.6. The SMILES string of the molecule is CCn1cc(C(=O)N2C[C@@H](C)OC[C@H]2C)c(=O)c2cc(OC3Cc4ccccc4C3)cnc21. The number of amides is 1. The molecule has 1 saturated heterocycles. The van der Waals surface area contributed by atoms with Crippen LogP contribution in [-0.4, -0.2) is 51.8 Å². The molecule has 2 atom stereocenters. The standard InChI is InChI=1S/C26H29N3O4/c1-4-28-14-23(26(31)29-13-17(3)32-15-16(29)2)24(30)22-11-21(12-27-25(22)28)33-20-9-18-7-5-6-8-19(18)10-20/h5-8,11-12,14,16-17,20H,4,9-10,13,15H2,1-3H3/t16-,17-/m1/s1. The summed E-state index contributed by atoms with van der Waals surface area (Å²) in [6.45, 7) is 7.37. The van der Waals surface area contributed by atoms with Crippen molar-refractivity contribution in [2.75, 3.05) is 13.2 Å². The molecule has 3 heterocycles. The molecule has 0 radical (unpaired) electrons. The molecule has 1 aliphatic carbocycles. The van der Waals surface area contributed by atoms with Crippen LogP contribution in [0.3, 0.4) is 0 Å². The number of hydrogen-bond donors (Lipinski definition) is 0. The lowest BCUT2D eigenvalue weighted by Gasteiger charge is -2.36. The zero-order valence-electron chi connectivity index (χ0n) is 19.3. The van der Waals surface area contributed by atoms with Gasteiger partial charge in [-0.2, -0.15) is 0 Å². The minimum absolute atomic E-state index is 0.00977. The van der Waals surface area contributed by atoms with Crippen molar-refractivity contribution in [2.24, 2.45) is 0 Å². The Hall–Kier alpha value is -3.19. The molecule has 2 aliphatic rings. The highest BCUT2D eigenvalue weighted by Crippen LogP contribution is 2.26. The summed E-state index contributed by atoms with van der Waals surface area (Å²) in [7, 11) is 0. The number of carbonyl (C=O) groups excluding carboxylic acids is 1. The molecule has 1 amide bonds. The molecule has 2 aromatic heterocycles. The van der Waals surface area contributed by atoms with Crippen LogP contribution in [0.2, 0.25) is 0 Å². The number of pyridine rings is 2. The Morgan fingerprint density at radius 3 is 2.64 bits per heavy atom. The Morgan fingerprint density at radius 2 is 1.94 bits per heavy atom. The van der Waals surface area contributed by atoms with E-state index in [0.717, 1.165) is 12.8 Å². The number of carbonyl (C=O) groups is 1. The van der Waals surface area contributed by atoms with Gasteiger partial charge in [-0.15, -0.1) is 0 Å². The van der Waals surface area contributed by atoms with Gasteiger partial charge in [0.1, 0.15) is 23.1 Å². The molecule has 172 valence electrons. The van der Waals surface area contributed by atoms with Crippen LogP contribution >= 0.6 is 0 Å². The zero-order chi connectivity index (χ0) is 23.1. The second kappa shape index (κ2) is 8.63. The van der Waals surface area contributed by atoms with Crippen LogP contribution in [0.4, 0.5) is 0 Å². The summed E-state index contributed by atoms with van der Waals surface area (Å²) in [4.78, 5) is 33.1. The molecule has 5 rings (SSSR count). The largest absolute Gasteiger partial charge is 0.488 e. The molecular formula is C26H29N3O4. The molecule has 7 heteroatoms. The second-order valence-electron chi connectivity index (χ2n) is 9.07. The van der Waals surface area contributed by atoms with Gasteiger partial charge in [-0.1, -0.05) is 24.3 Å². The van der Waals surface area contributed by atoms with E-state index in [0.29, 0.717) is 36.5 Å². The summed E-state index contributed by atoms with van der Waals surface area (Å²) in [5.74, 6) is 0.294. The first-order chi connectivity index (χ1) is 15.9. The smallest absolute Gasteiger partial charge is 0.259 e. The third-order valence-electron chi connectivity index (χ3n) is 6.64. The topological polar surface area (TPSA) is 73.7 Å². The van der Waals surface area contributed by atoms with E-state index in [-0.39, 0.29) is 35.1 Å². The quantitative estimate of drug-likeness (QED) is 0.614. The van der Waals surface area contributed by atoms with Crippen LogP contribution in [0.1, 0.15) is 42.3 Å². The molecule has 0 saturated carbocycles. The fourth-order valence-corrected chi connectivity index (χ4v) is 4.85. The number of aryl methyl sites for hydroxylation is 1. The van der Waals surface area contributed by atoms with Crippen molar-refractivity contribution in [1.29, 1.82) is 0 Å². The van der Waals surface area contributed by atoms with Gasteiger partial charge in [0.15, 0.2) is 0 Å². The van der Waals surface area contributed by atoms with E-state index in [2.05, 4.69) is 17.1 Å². The maximum absolute atomic E-state index is 13.4. The first-order valence-corrected chi connectivity index (χ1v) is 11.6. The van der Waals surface area contributed by atoms with Crippen molar-refractivity contribution in [2.45, 2.75) is 58.4 Å². The van der Waals surface area contributed by atoms with E-state index < -0.39 is 0 Å². The number of ether oxygens (including phenoxy) is 2. The number of fused-ring (bicyclic) bond motifs is 2. The molecule has 3 aromatic rings. The summed E-state index contributed by atoms with van der Waals surface area (Å²) in [6.07, 6.45) is 4.93. The maximum atomic E-state index is 13.4. The van der Waals surface area contributed by atoms with Crippen molar-refractivity contribution >= 4 is 16.9 Å². The Kier molecular flexibility index (Phi) is 5.66. The van der Waals surface area contributed by atoms with Crippen LogP contribution in [0.5, 0.6) is 5.75 Å². The number of rotatable bonds is 4. The fraction of sp³-hybridized carbons (Fsp3) is 0.423. The van der Waals surface area contributed by atoms with E-state index in [4.69, 9.17) is 9.47 Å². The molecule has 0 bridgehead atoms. The molecule has 1 fully saturated rings. The summed E-state index contributed by atoms with van der Waals surface area (Å²) >= 11 is 0. The Morgan fingerprint density at radius 1 is 1.21 bits per heavy atom. The van der Waals surface area contributed by atoms with Gasteiger partial charge in [-0.05, 0) is 38.0 Å². The van der Waals surface area contributed by atoms with Crippen LogP contribution < -0.4 is 10.2 Å². The summed E-state index contributed by atoms with van der Waals surface area (Å²) in [5, 5.41) is 0.407. The van der Waals surface area contributed by atoms with Gasteiger partial charge in [-0.25, -0.2) is 4.98 Å². The predicted molar refractivity (Wildman–Crippen MR) is 126 cm³/mol. The predicted octanol–water partition coefficient (Wildman–Crippen LogP) is 3.21. The Balaban J connectivity index is 1.48. The van der Waals surface area contributed by atoms with Crippen LogP contribution in [0.25, 0.3) is 11.0 Å².